The van der Waals surface area contributed by atoms with Gasteiger partial charge in [-0.3, -0.25) is 0 Å². The van der Waals surface area contributed by atoms with Crippen molar-refractivity contribution in [3.8, 4) is 0 Å². The van der Waals surface area contributed by atoms with Crippen LogP contribution in [0.2, 0.25) is 0 Å². The minimum Gasteiger partial charge on any atom is -0.475 e. The standard InChI is InChI=1S/C30H35F2N3O.C2HF3O2/c1-4-33-30(36)35-14-13-28(34-18-22-16-20(2)15-21(3)17-22)27(19-35)29(23-5-9-25(31)10-6-23)24-7-11-26(32)12-8-24;3-2(4,5)1(6)7/h5-12,15-17,27-29,34H,4,13-14,18-19H2,1-3H3,(H,33,36);(H,6,7)/t27-,28+;/m0./s1. The molecule has 0 radical (unpaired) electrons. The molecule has 232 valence electrons. The van der Waals surface area contributed by atoms with Crippen LogP contribution in [0.3, 0.4) is 0 Å². The van der Waals surface area contributed by atoms with Crippen molar-refractivity contribution in [2.45, 2.75) is 51.9 Å². The zero-order valence-electron chi connectivity index (χ0n) is 24.2. The summed E-state index contributed by atoms with van der Waals surface area (Å²) in [5.41, 5.74) is 5.57. The molecule has 0 unspecified atom stereocenters. The molecule has 1 aliphatic heterocycles. The van der Waals surface area contributed by atoms with Crippen LogP contribution in [0, 0.1) is 31.4 Å². The van der Waals surface area contributed by atoms with E-state index in [9.17, 15) is 26.7 Å². The maximum absolute atomic E-state index is 13.8. The van der Waals surface area contributed by atoms with Crippen LogP contribution >= 0.6 is 0 Å². The van der Waals surface area contributed by atoms with Crippen molar-refractivity contribution in [1.29, 1.82) is 0 Å². The van der Waals surface area contributed by atoms with Gasteiger partial charge in [-0.05, 0) is 68.1 Å². The molecule has 11 heteroatoms. The molecule has 1 saturated heterocycles. The molecule has 2 atom stereocenters. The molecular formula is C32H36F5N3O3. The summed E-state index contributed by atoms with van der Waals surface area (Å²) < 4.78 is 59.4. The van der Waals surface area contributed by atoms with Gasteiger partial charge in [0, 0.05) is 44.1 Å². The number of aliphatic carboxylic acids is 1. The van der Waals surface area contributed by atoms with Crippen LogP contribution in [-0.2, 0) is 11.3 Å². The number of urea groups is 1. The smallest absolute Gasteiger partial charge is 0.475 e. The summed E-state index contributed by atoms with van der Waals surface area (Å²) in [5, 5.41) is 13.8. The Kier molecular flexibility index (Phi) is 11.7. The van der Waals surface area contributed by atoms with E-state index in [1.807, 2.05) is 11.8 Å². The topological polar surface area (TPSA) is 81.7 Å². The highest BCUT2D eigenvalue weighted by molar-refractivity contribution is 5.74. The number of halogens is 5. The van der Waals surface area contributed by atoms with E-state index in [4.69, 9.17) is 9.90 Å². The summed E-state index contributed by atoms with van der Waals surface area (Å²) in [7, 11) is 0. The Morgan fingerprint density at radius 2 is 1.42 bits per heavy atom. The Bertz CT molecular complexity index is 1300. The Labute approximate surface area is 247 Å². The van der Waals surface area contributed by atoms with Crippen molar-refractivity contribution in [1.82, 2.24) is 15.5 Å². The van der Waals surface area contributed by atoms with Crippen LogP contribution in [0.25, 0.3) is 0 Å². The first-order valence-electron chi connectivity index (χ1n) is 13.9. The number of nitrogens with zero attached hydrogens (tertiary/aromatic N) is 1. The zero-order valence-corrected chi connectivity index (χ0v) is 24.2. The summed E-state index contributed by atoms with van der Waals surface area (Å²) in [4.78, 5) is 23.5. The zero-order chi connectivity index (χ0) is 31.7. The number of carbonyl (C=O) groups excluding carboxylic acids is 1. The number of rotatable bonds is 7. The van der Waals surface area contributed by atoms with Gasteiger partial charge in [-0.15, -0.1) is 0 Å². The summed E-state index contributed by atoms with van der Waals surface area (Å²) in [6.07, 6.45) is -4.30. The molecule has 3 aromatic carbocycles. The highest BCUT2D eigenvalue weighted by atomic mass is 19.4. The van der Waals surface area contributed by atoms with E-state index in [0.717, 1.165) is 17.5 Å². The number of aryl methyl sites for hydroxylation is 2. The highest BCUT2D eigenvalue weighted by Gasteiger charge is 2.39. The minimum absolute atomic E-state index is 0.00295. The van der Waals surface area contributed by atoms with Gasteiger partial charge in [-0.25, -0.2) is 18.4 Å². The van der Waals surface area contributed by atoms with Gasteiger partial charge in [0.05, 0.1) is 0 Å². The lowest BCUT2D eigenvalue weighted by molar-refractivity contribution is -0.192. The number of carboxylic acids is 1. The number of nitrogens with one attached hydrogen (secondary N) is 2. The van der Waals surface area contributed by atoms with Crippen LogP contribution in [-0.4, -0.2) is 53.9 Å². The second-order valence-electron chi connectivity index (χ2n) is 10.6. The van der Waals surface area contributed by atoms with Gasteiger partial charge in [0.1, 0.15) is 11.6 Å². The van der Waals surface area contributed by atoms with Gasteiger partial charge in [0.15, 0.2) is 0 Å². The lowest BCUT2D eigenvalue weighted by Gasteiger charge is -2.43. The molecule has 4 rings (SSSR count). The molecular weight excluding hydrogens is 569 g/mol. The fraction of sp³-hybridized carbons (Fsp3) is 0.375. The van der Waals surface area contributed by atoms with Crippen molar-refractivity contribution < 1.29 is 36.6 Å². The quantitative estimate of drug-likeness (QED) is 0.267. The van der Waals surface area contributed by atoms with E-state index in [1.165, 1.54) is 41.0 Å². The van der Waals surface area contributed by atoms with Crippen molar-refractivity contribution in [3.05, 3.63) is 106 Å². The highest BCUT2D eigenvalue weighted by Crippen LogP contribution is 2.38. The van der Waals surface area contributed by atoms with Crippen molar-refractivity contribution in [2.75, 3.05) is 19.6 Å². The molecule has 1 heterocycles. The van der Waals surface area contributed by atoms with E-state index in [1.54, 1.807) is 24.3 Å². The lowest BCUT2D eigenvalue weighted by atomic mass is 9.74. The van der Waals surface area contributed by atoms with Crippen LogP contribution < -0.4 is 10.6 Å². The third kappa shape index (κ3) is 9.77. The van der Waals surface area contributed by atoms with Crippen LogP contribution in [0.1, 0.15) is 47.1 Å². The second kappa shape index (κ2) is 15.0. The lowest BCUT2D eigenvalue weighted by Crippen LogP contribution is -2.54. The largest absolute Gasteiger partial charge is 0.490 e. The molecule has 0 aliphatic carbocycles. The third-order valence-corrected chi connectivity index (χ3v) is 7.25. The summed E-state index contributed by atoms with van der Waals surface area (Å²) in [6.45, 7) is 8.57. The summed E-state index contributed by atoms with van der Waals surface area (Å²) in [6, 6.07) is 19.6. The number of alkyl halides is 3. The maximum atomic E-state index is 13.8. The summed E-state index contributed by atoms with van der Waals surface area (Å²) in [5.74, 6) is -3.49. The fourth-order valence-corrected chi connectivity index (χ4v) is 5.47. The third-order valence-electron chi connectivity index (χ3n) is 7.25. The molecule has 2 amide bonds. The molecule has 1 aliphatic rings. The maximum Gasteiger partial charge on any atom is 0.490 e. The monoisotopic (exact) mass is 605 g/mol. The van der Waals surface area contributed by atoms with Crippen molar-refractivity contribution >= 4 is 12.0 Å². The molecule has 0 saturated carbocycles. The molecule has 1 fully saturated rings. The van der Waals surface area contributed by atoms with E-state index >= 15 is 0 Å². The first kappa shape index (κ1) is 33.5. The number of carboxylic acid groups (broad SMARTS) is 1. The van der Waals surface area contributed by atoms with Gasteiger partial charge >= 0.3 is 18.2 Å². The number of hydrogen-bond donors (Lipinski definition) is 3. The molecule has 0 spiro atoms. The Balaban J connectivity index is 0.000000646. The average molecular weight is 606 g/mol. The van der Waals surface area contributed by atoms with Gasteiger partial charge in [-0.2, -0.15) is 13.2 Å². The van der Waals surface area contributed by atoms with Gasteiger partial charge in [-0.1, -0.05) is 53.6 Å². The van der Waals surface area contributed by atoms with Crippen molar-refractivity contribution in [3.63, 3.8) is 0 Å². The minimum atomic E-state index is -5.08. The van der Waals surface area contributed by atoms with E-state index < -0.39 is 12.1 Å². The van der Waals surface area contributed by atoms with Crippen LogP contribution in [0.15, 0.2) is 66.7 Å². The number of piperidine rings is 1. The molecule has 3 aromatic rings. The normalized spacial score (nSPS) is 16.8. The molecule has 6 nitrogen and oxygen atoms in total. The predicted octanol–water partition coefficient (Wildman–Crippen LogP) is 6.56. The average Bonchev–Trinajstić information content (AvgIpc) is 2.94. The van der Waals surface area contributed by atoms with Crippen molar-refractivity contribution in [2.24, 2.45) is 5.92 Å². The SMILES string of the molecule is CCNC(=O)N1CC[C@@H](NCc2cc(C)cc(C)c2)[C@@H](C(c2ccc(F)cc2)c2ccc(F)cc2)C1.O=C(O)C(F)(F)F. The van der Waals surface area contributed by atoms with E-state index in [2.05, 4.69) is 42.7 Å². The van der Waals surface area contributed by atoms with Crippen LogP contribution in [0.4, 0.5) is 26.7 Å². The Morgan fingerprint density at radius 1 is 0.930 bits per heavy atom. The number of carbonyl (C=O) groups is 2. The van der Waals surface area contributed by atoms with Gasteiger partial charge < -0.3 is 20.6 Å². The van der Waals surface area contributed by atoms with E-state index in [0.29, 0.717) is 26.2 Å². The molecule has 43 heavy (non-hydrogen) atoms. The number of likely N-dealkylation sites (tertiary alicyclic amines) is 1. The van der Waals surface area contributed by atoms with E-state index in [-0.39, 0.29) is 35.5 Å². The summed E-state index contributed by atoms with van der Waals surface area (Å²) >= 11 is 0. The van der Waals surface area contributed by atoms with Crippen LogP contribution in [0.5, 0.6) is 0 Å². The second-order valence-corrected chi connectivity index (χ2v) is 10.6. The molecule has 0 bridgehead atoms. The molecule has 3 N–H and O–H groups in total. The Hall–Kier alpha value is -3.99. The Morgan fingerprint density at radius 3 is 1.86 bits per heavy atom. The first-order valence-corrected chi connectivity index (χ1v) is 13.9. The van der Waals surface area contributed by atoms with Gasteiger partial charge in [0.25, 0.3) is 0 Å². The number of benzene rings is 3. The fourth-order valence-electron chi connectivity index (χ4n) is 5.47. The molecule has 0 aromatic heterocycles. The number of hydrogen-bond acceptors (Lipinski definition) is 3. The number of amides is 2. The predicted molar refractivity (Wildman–Crippen MR) is 154 cm³/mol. The van der Waals surface area contributed by atoms with Gasteiger partial charge in [0.2, 0.25) is 0 Å². The first-order chi connectivity index (χ1) is 20.3.